The van der Waals surface area contributed by atoms with Gasteiger partial charge in [-0.15, -0.1) is 0 Å². The van der Waals surface area contributed by atoms with Crippen molar-refractivity contribution in [2.24, 2.45) is 0 Å². The summed E-state index contributed by atoms with van der Waals surface area (Å²) < 4.78 is 0. The molecule has 0 amide bonds. The molecule has 0 aliphatic rings. The predicted octanol–water partition coefficient (Wildman–Crippen LogP) is 1.73. The molecule has 0 aliphatic heterocycles. The number of hydrogen-bond acceptors (Lipinski definition) is 1. The third kappa shape index (κ3) is 3.88. The van der Waals surface area contributed by atoms with Crippen molar-refractivity contribution in [3.05, 3.63) is 11.6 Å². The highest BCUT2D eigenvalue weighted by atomic mass is 16.2. The van der Waals surface area contributed by atoms with Crippen LogP contribution < -0.4 is 0 Å². The van der Waals surface area contributed by atoms with E-state index in [1.165, 1.54) is 5.57 Å². The minimum Gasteiger partial charge on any atom is -0.396 e. The molecule has 0 bridgehead atoms. The second-order valence-corrected chi connectivity index (χ2v) is 1.96. The molecule has 0 atom stereocenters. The Morgan fingerprint density at radius 3 is 2.62 bits per heavy atom. The summed E-state index contributed by atoms with van der Waals surface area (Å²) in [5, 5.41) is 8.38. The molecule has 1 N–H and O–H groups in total. The standard InChI is InChI=1S/C7H14O/c1-3-7(2)5-4-6-8/h3,8H,4-6H2,1-2H3/b7-3-. The summed E-state index contributed by atoms with van der Waals surface area (Å²) in [6, 6.07) is 0. The van der Waals surface area contributed by atoms with E-state index in [9.17, 15) is 0 Å². The molecule has 1 heteroatoms. The van der Waals surface area contributed by atoms with Gasteiger partial charge in [0.2, 0.25) is 0 Å². The summed E-state index contributed by atoms with van der Waals surface area (Å²) >= 11 is 0. The predicted molar refractivity (Wildman–Crippen MR) is 35.8 cm³/mol. The maximum atomic E-state index is 8.38. The van der Waals surface area contributed by atoms with Gasteiger partial charge in [0, 0.05) is 6.61 Å². The van der Waals surface area contributed by atoms with Gasteiger partial charge >= 0.3 is 0 Å². The van der Waals surface area contributed by atoms with E-state index in [-0.39, 0.29) is 0 Å². The van der Waals surface area contributed by atoms with Crippen molar-refractivity contribution in [2.75, 3.05) is 6.61 Å². The Morgan fingerprint density at radius 1 is 1.62 bits per heavy atom. The van der Waals surface area contributed by atoms with E-state index in [0.29, 0.717) is 6.61 Å². The molecule has 0 unspecified atom stereocenters. The van der Waals surface area contributed by atoms with Gasteiger partial charge in [-0.05, 0) is 26.7 Å². The second kappa shape index (κ2) is 4.85. The normalized spacial score (nSPS) is 12.1. The number of hydrogen-bond donors (Lipinski definition) is 1. The smallest absolute Gasteiger partial charge is 0.0434 e. The molecule has 0 saturated carbocycles. The average molecular weight is 114 g/mol. The fourth-order valence-corrected chi connectivity index (χ4v) is 0.502. The highest BCUT2D eigenvalue weighted by Gasteiger charge is 1.84. The second-order valence-electron chi connectivity index (χ2n) is 1.96. The quantitative estimate of drug-likeness (QED) is 0.554. The molecule has 0 saturated heterocycles. The van der Waals surface area contributed by atoms with Crippen LogP contribution in [0.2, 0.25) is 0 Å². The molecule has 0 rings (SSSR count). The number of aliphatic hydroxyl groups is 1. The lowest BCUT2D eigenvalue weighted by Gasteiger charge is -1.94. The first-order valence-electron chi connectivity index (χ1n) is 3.04. The van der Waals surface area contributed by atoms with Crippen molar-refractivity contribution in [1.82, 2.24) is 0 Å². The van der Waals surface area contributed by atoms with Gasteiger partial charge in [0.15, 0.2) is 0 Å². The Hall–Kier alpha value is -0.300. The lowest BCUT2D eigenvalue weighted by molar-refractivity contribution is 0.288. The maximum Gasteiger partial charge on any atom is 0.0434 e. The Labute approximate surface area is 51.0 Å². The van der Waals surface area contributed by atoms with Crippen LogP contribution in [0.4, 0.5) is 0 Å². The first-order chi connectivity index (χ1) is 3.81. The van der Waals surface area contributed by atoms with Crippen LogP contribution in [-0.2, 0) is 0 Å². The summed E-state index contributed by atoms with van der Waals surface area (Å²) in [5.41, 5.74) is 1.36. The first-order valence-corrected chi connectivity index (χ1v) is 3.04. The molecule has 1 nitrogen and oxygen atoms in total. The summed E-state index contributed by atoms with van der Waals surface area (Å²) in [7, 11) is 0. The molecule has 0 aliphatic carbocycles. The van der Waals surface area contributed by atoms with Gasteiger partial charge in [-0.1, -0.05) is 11.6 Å². The van der Waals surface area contributed by atoms with Gasteiger partial charge in [0.1, 0.15) is 0 Å². The molecular weight excluding hydrogens is 100 g/mol. The Bertz CT molecular complexity index is 74.5. The topological polar surface area (TPSA) is 20.2 Å². The van der Waals surface area contributed by atoms with Gasteiger partial charge in [-0.25, -0.2) is 0 Å². The summed E-state index contributed by atoms with van der Waals surface area (Å²) in [4.78, 5) is 0. The van der Waals surface area contributed by atoms with Gasteiger partial charge in [-0.2, -0.15) is 0 Å². The van der Waals surface area contributed by atoms with Crippen molar-refractivity contribution in [2.45, 2.75) is 26.7 Å². The molecule has 0 spiro atoms. The van der Waals surface area contributed by atoms with Crippen LogP contribution in [0, 0.1) is 0 Å². The lowest BCUT2D eigenvalue weighted by atomic mass is 10.2. The van der Waals surface area contributed by atoms with Crippen LogP contribution in [0.5, 0.6) is 0 Å². The Morgan fingerprint density at radius 2 is 2.25 bits per heavy atom. The van der Waals surface area contributed by atoms with Crippen molar-refractivity contribution in [3.8, 4) is 0 Å². The third-order valence-corrected chi connectivity index (χ3v) is 1.22. The molecule has 48 valence electrons. The molecule has 0 heterocycles. The van der Waals surface area contributed by atoms with Crippen LogP contribution >= 0.6 is 0 Å². The van der Waals surface area contributed by atoms with E-state index in [0.717, 1.165) is 12.8 Å². The highest BCUT2D eigenvalue weighted by molar-refractivity contribution is 4.94. The van der Waals surface area contributed by atoms with Gasteiger partial charge in [0.05, 0.1) is 0 Å². The number of rotatable bonds is 3. The zero-order valence-corrected chi connectivity index (χ0v) is 5.65. The van der Waals surface area contributed by atoms with E-state index in [1.54, 1.807) is 0 Å². The zero-order chi connectivity index (χ0) is 6.41. The van der Waals surface area contributed by atoms with Crippen molar-refractivity contribution in [1.29, 1.82) is 0 Å². The minimum atomic E-state index is 0.311. The van der Waals surface area contributed by atoms with Crippen molar-refractivity contribution >= 4 is 0 Å². The average Bonchev–Trinajstić information content (AvgIpc) is 1.83. The molecule has 0 aromatic rings. The summed E-state index contributed by atoms with van der Waals surface area (Å²) in [6.45, 7) is 4.41. The summed E-state index contributed by atoms with van der Waals surface area (Å²) in [5.74, 6) is 0. The largest absolute Gasteiger partial charge is 0.396 e. The third-order valence-electron chi connectivity index (χ3n) is 1.22. The molecule has 0 radical (unpaired) electrons. The molecule has 0 fully saturated rings. The summed E-state index contributed by atoms with van der Waals surface area (Å²) in [6.07, 6.45) is 4.01. The SMILES string of the molecule is C/C=C(/C)CCCO. The molecular formula is C7H14O. The Balaban J connectivity index is 3.12. The first kappa shape index (κ1) is 7.70. The zero-order valence-electron chi connectivity index (χ0n) is 5.65. The van der Waals surface area contributed by atoms with E-state index in [1.807, 2.05) is 6.92 Å². The van der Waals surface area contributed by atoms with Gasteiger partial charge in [0.25, 0.3) is 0 Å². The fourth-order valence-electron chi connectivity index (χ4n) is 0.502. The highest BCUT2D eigenvalue weighted by Crippen LogP contribution is 2.00. The van der Waals surface area contributed by atoms with Crippen LogP contribution in [-0.4, -0.2) is 11.7 Å². The number of aliphatic hydroxyl groups excluding tert-OH is 1. The molecule has 0 aromatic carbocycles. The van der Waals surface area contributed by atoms with Gasteiger partial charge < -0.3 is 5.11 Å². The van der Waals surface area contributed by atoms with E-state index >= 15 is 0 Å². The maximum absolute atomic E-state index is 8.38. The van der Waals surface area contributed by atoms with Crippen molar-refractivity contribution < 1.29 is 5.11 Å². The van der Waals surface area contributed by atoms with E-state index in [2.05, 4.69) is 13.0 Å². The van der Waals surface area contributed by atoms with Gasteiger partial charge in [-0.3, -0.25) is 0 Å². The van der Waals surface area contributed by atoms with Crippen LogP contribution in [0.25, 0.3) is 0 Å². The van der Waals surface area contributed by atoms with Crippen LogP contribution in [0.1, 0.15) is 26.7 Å². The Kier molecular flexibility index (Phi) is 4.67. The van der Waals surface area contributed by atoms with Crippen LogP contribution in [0.15, 0.2) is 11.6 Å². The molecule has 8 heavy (non-hydrogen) atoms. The molecule has 0 aromatic heterocycles. The van der Waals surface area contributed by atoms with E-state index in [4.69, 9.17) is 5.11 Å². The monoisotopic (exact) mass is 114 g/mol. The fraction of sp³-hybridized carbons (Fsp3) is 0.714. The minimum absolute atomic E-state index is 0.311. The lowest BCUT2D eigenvalue weighted by Crippen LogP contribution is -1.82. The van der Waals surface area contributed by atoms with Crippen LogP contribution in [0.3, 0.4) is 0 Å². The van der Waals surface area contributed by atoms with E-state index < -0.39 is 0 Å². The number of allylic oxidation sites excluding steroid dienone is 2. The van der Waals surface area contributed by atoms with Crippen molar-refractivity contribution in [3.63, 3.8) is 0 Å².